The molecule has 0 spiro atoms. The van der Waals surface area contributed by atoms with Crippen LogP contribution < -0.4 is 9.46 Å². The first-order valence-corrected chi connectivity index (χ1v) is 9.50. The first-order chi connectivity index (χ1) is 12.3. The summed E-state index contributed by atoms with van der Waals surface area (Å²) in [5.41, 5.74) is 0.0249. The summed E-state index contributed by atoms with van der Waals surface area (Å²) >= 11 is 5.82. The average Bonchev–Trinajstić information content (AvgIpc) is 2.60. The number of nitrogens with one attached hydrogen (secondary N) is 1. The van der Waals surface area contributed by atoms with Gasteiger partial charge in [0.1, 0.15) is 24.7 Å². The topological polar surface area (TPSA) is 81.7 Å². The summed E-state index contributed by atoms with van der Waals surface area (Å²) in [7, 11) is -3.89. The van der Waals surface area contributed by atoms with E-state index in [1.54, 1.807) is 0 Å². The van der Waals surface area contributed by atoms with Gasteiger partial charge in [-0.15, -0.1) is 0 Å². The second-order valence-electron chi connectivity index (χ2n) is 5.09. The standard InChI is InChI=1S/C17H17ClFNO5S/c1-2-24-12-6-8-13(9-7-12)26(22,23)20-10-17(21)25-11-14-15(18)4-3-5-16(14)19/h3-9,20H,2,10-11H2,1H3. The van der Waals surface area contributed by atoms with Crippen molar-refractivity contribution in [2.24, 2.45) is 0 Å². The molecule has 2 rings (SSSR count). The maximum Gasteiger partial charge on any atom is 0.321 e. The Balaban J connectivity index is 1.91. The van der Waals surface area contributed by atoms with Crippen LogP contribution in [0.4, 0.5) is 4.39 Å². The van der Waals surface area contributed by atoms with Crippen LogP contribution in [0.2, 0.25) is 5.02 Å². The van der Waals surface area contributed by atoms with Crippen molar-refractivity contribution in [3.63, 3.8) is 0 Å². The molecule has 0 saturated carbocycles. The van der Waals surface area contributed by atoms with Crippen molar-refractivity contribution in [2.45, 2.75) is 18.4 Å². The molecule has 0 saturated heterocycles. The summed E-state index contributed by atoms with van der Waals surface area (Å²) in [5, 5.41) is 0.118. The largest absolute Gasteiger partial charge is 0.494 e. The molecule has 0 heterocycles. The summed E-state index contributed by atoms with van der Waals surface area (Å²) in [6.45, 7) is 1.28. The molecule has 0 aliphatic heterocycles. The van der Waals surface area contributed by atoms with E-state index in [2.05, 4.69) is 4.72 Å². The summed E-state index contributed by atoms with van der Waals surface area (Å²) in [5.74, 6) is -0.938. The van der Waals surface area contributed by atoms with Crippen molar-refractivity contribution in [3.8, 4) is 5.75 Å². The van der Waals surface area contributed by atoms with Crippen LogP contribution in [0.15, 0.2) is 47.4 Å². The average molecular weight is 402 g/mol. The Kier molecular flexibility index (Phi) is 6.96. The molecule has 0 unspecified atom stereocenters. The van der Waals surface area contributed by atoms with Crippen LogP contribution in [0.25, 0.3) is 0 Å². The Bertz CT molecular complexity index is 851. The van der Waals surface area contributed by atoms with E-state index in [4.69, 9.17) is 21.1 Å². The predicted molar refractivity (Wildman–Crippen MR) is 94.0 cm³/mol. The normalized spacial score (nSPS) is 11.2. The minimum atomic E-state index is -3.89. The fraction of sp³-hybridized carbons (Fsp3) is 0.235. The zero-order valence-corrected chi connectivity index (χ0v) is 15.4. The van der Waals surface area contributed by atoms with Gasteiger partial charge in [0.25, 0.3) is 0 Å². The number of carbonyl (C=O) groups excluding carboxylic acids is 1. The minimum Gasteiger partial charge on any atom is -0.494 e. The van der Waals surface area contributed by atoms with E-state index in [9.17, 15) is 17.6 Å². The van der Waals surface area contributed by atoms with Gasteiger partial charge in [-0.3, -0.25) is 4.79 Å². The van der Waals surface area contributed by atoms with Crippen LogP contribution >= 0.6 is 11.6 Å². The smallest absolute Gasteiger partial charge is 0.321 e. The van der Waals surface area contributed by atoms with Crippen LogP contribution in [-0.2, 0) is 26.2 Å². The highest BCUT2D eigenvalue weighted by molar-refractivity contribution is 7.89. The molecule has 6 nitrogen and oxygen atoms in total. The van der Waals surface area contributed by atoms with E-state index in [0.717, 1.165) is 0 Å². The number of hydrogen-bond acceptors (Lipinski definition) is 5. The van der Waals surface area contributed by atoms with E-state index < -0.39 is 35.0 Å². The first-order valence-electron chi connectivity index (χ1n) is 7.64. The van der Waals surface area contributed by atoms with Gasteiger partial charge in [-0.2, -0.15) is 4.72 Å². The molecule has 0 aliphatic rings. The highest BCUT2D eigenvalue weighted by Gasteiger charge is 2.17. The third-order valence-corrected chi connectivity index (χ3v) is 5.06. The number of hydrogen-bond donors (Lipinski definition) is 1. The van der Waals surface area contributed by atoms with Crippen LogP contribution in [0.3, 0.4) is 0 Å². The van der Waals surface area contributed by atoms with Gasteiger partial charge in [-0.25, -0.2) is 12.8 Å². The van der Waals surface area contributed by atoms with Gasteiger partial charge >= 0.3 is 5.97 Å². The fourth-order valence-electron chi connectivity index (χ4n) is 1.99. The maximum absolute atomic E-state index is 13.6. The van der Waals surface area contributed by atoms with Gasteiger partial charge in [-0.1, -0.05) is 17.7 Å². The molecule has 1 N–H and O–H groups in total. The van der Waals surface area contributed by atoms with Crippen molar-refractivity contribution in [2.75, 3.05) is 13.2 Å². The highest BCUT2D eigenvalue weighted by Crippen LogP contribution is 2.20. The van der Waals surface area contributed by atoms with Gasteiger partial charge < -0.3 is 9.47 Å². The predicted octanol–water partition coefficient (Wildman–Crippen LogP) is 2.90. The Hall–Kier alpha value is -2.16. The molecule has 2 aromatic rings. The number of esters is 1. The molecular formula is C17H17ClFNO5S. The fourth-order valence-corrected chi connectivity index (χ4v) is 3.18. The molecule has 0 bridgehead atoms. The quantitative estimate of drug-likeness (QED) is 0.688. The molecule has 2 aromatic carbocycles. The van der Waals surface area contributed by atoms with Crippen molar-refractivity contribution in [1.82, 2.24) is 4.72 Å². The van der Waals surface area contributed by atoms with Crippen LogP contribution in [0.1, 0.15) is 12.5 Å². The third-order valence-electron chi connectivity index (χ3n) is 3.29. The lowest BCUT2D eigenvalue weighted by atomic mass is 10.2. The second-order valence-corrected chi connectivity index (χ2v) is 7.26. The third kappa shape index (κ3) is 5.42. The molecule has 0 amide bonds. The van der Waals surface area contributed by atoms with E-state index in [-0.39, 0.29) is 15.5 Å². The van der Waals surface area contributed by atoms with Crippen molar-refractivity contribution < 1.29 is 27.1 Å². The summed E-state index contributed by atoms with van der Waals surface area (Å²) in [4.78, 5) is 11.7. The van der Waals surface area contributed by atoms with E-state index in [1.165, 1.54) is 42.5 Å². The van der Waals surface area contributed by atoms with Gasteiger partial charge in [0.2, 0.25) is 10.0 Å². The molecule has 140 valence electrons. The highest BCUT2D eigenvalue weighted by atomic mass is 35.5. The number of rotatable bonds is 8. The molecule has 0 atom stereocenters. The van der Waals surface area contributed by atoms with Gasteiger partial charge in [0.15, 0.2) is 0 Å². The van der Waals surface area contributed by atoms with Crippen LogP contribution in [-0.4, -0.2) is 27.5 Å². The number of ether oxygens (including phenoxy) is 2. The van der Waals surface area contributed by atoms with Gasteiger partial charge in [-0.05, 0) is 43.3 Å². The molecule has 0 fully saturated rings. The number of carbonyl (C=O) groups is 1. The molecule has 26 heavy (non-hydrogen) atoms. The Morgan fingerprint density at radius 3 is 2.50 bits per heavy atom. The summed E-state index contributed by atoms with van der Waals surface area (Å²) in [6, 6.07) is 9.81. The molecule has 9 heteroatoms. The lowest BCUT2D eigenvalue weighted by Crippen LogP contribution is -2.30. The van der Waals surface area contributed by atoms with Crippen molar-refractivity contribution in [1.29, 1.82) is 0 Å². The summed E-state index contributed by atoms with van der Waals surface area (Å²) < 4.78 is 50.1. The minimum absolute atomic E-state index is 0.0223. The molecule has 0 radical (unpaired) electrons. The first kappa shape index (κ1) is 20.2. The number of sulfonamides is 1. The monoisotopic (exact) mass is 401 g/mol. The second kappa shape index (κ2) is 8.98. The zero-order valence-electron chi connectivity index (χ0n) is 13.9. The van der Waals surface area contributed by atoms with E-state index >= 15 is 0 Å². The Labute approximate surface area is 155 Å². The number of halogens is 2. The summed E-state index contributed by atoms with van der Waals surface area (Å²) in [6.07, 6.45) is 0. The maximum atomic E-state index is 13.6. The van der Waals surface area contributed by atoms with E-state index in [1.807, 2.05) is 6.92 Å². The SMILES string of the molecule is CCOc1ccc(S(=O)(=O)NCC(=O)OCc2c(F)cccc2Cl)cc1. The zero-order chi connectivity index (χ0) is 19.2. The van der Waals surface area contributed by atoms with Gasteiger partial charge in [0.05, 0.1) is 16.5 Å². The van der Waals surface area contributed by atoms with E-state index in [0.29, 0.717) is 12.4 Å². The van der Waals surface area contributed by atoms with Crippen molar-refractivity contribution in [3.05, 3.63) is 58.9 Å². The Morgan fingerprint density at radius 2 is 1.88 bits per heavy atom. The Morgan fingerprint density at radius 1 is 1.19 bits per heavy atom. The lowest BCUT2D eigenvalue weighted by molar-refractivity contribution is -0.143. The molecule has 0 aromatic heterocycles. The van der Waals surface area contributed by atoms with Crippen LogP contribution in [0, 0.1) is 5.82 Å². The lowest BCUT2D eigenvalue weighted by Gasteiger charge is -2.09. The number of benzene rings is 2. The van der Waals surface area contributed by atoms with Crippen LogP contribution in [0.5, 0.6) is 5.75 Å². The molecule has 0 aliphatic carbocycles. The van der Waals surface area contributed by atoms with Gasteiger partial charge in [0, 0.05) is 5.56 Å². The van der Waals surface area contributed by atoms with Crippen molar-refractivity contribution >= 4 is 27.6 Å². The molecular weight excluding hydrogens is 385 g/mol.